The number of aromatic nitrogens is 1. The maximum Gasteiger partial charge on any atom is 0.213 e. The molecule has 3 N–H and O–H groups in total. The van der Waals surface area contributed by atoms with Crippen LogP contribution in [0.5, 0.6) is 5.88 Å². The van der Waals surface area contributed by atoms with E-state index in [0.29, 0.717) is 31.0 Å². The van der Waals surface area contributed by atoms with Gasteiger partial charge in [-0.2, -0.15) is 0 Å². The fraction of sp³-hybridized carbons (Fsp3) is 0.667. The van der Waals surface area contributed by atoms with Crippen molar-refractivity contribution in [3.63, 3.8) is 0 Å². The Morgan fingerprint density at radius 1 is 1.28 bits per heavy atom. The van der Waals surface area contributed by atoms with Gasteiger partial charge in [-0.3, -0.25) is 0 Å². The lowest BCUT2D eigenvalue weighted by Crippen LogP contribution is -2.39. The van der Waals surface area contributed by atoms with Crippen LogP contribution in [-0.4, -0.2) is 36.3 Å². The highest BCUT2D eigenvalue weighted by atomic mass is 127. The van der Waals surface area contributed by atoms with Gasteiger partial charge in [0.2, 0.25) is 5.88 Å². The van der Waals surface area contributed by atoms with E-state index in [1.807, 2.05) is 12.1 Å². The molecule has 0 radical (unpaired) electrons. The Hall–Kier alpha value is -1.09. The van der Waals surface area contributed by atoms with Crippen molar-refractivity contribution in [2.45, 2.75) is 63.6 Å². The van der Waals surface area contributed by atoms with Gasteiger partial charge in [-0.25, -0.2) is 9.98 Å². The second kappa shape index (κ2) is 10.8. The van der Waals surface area contributed by atoms with E-state index in [-0.39, 0.29) is 30.1 Å². The third-order valence-corrected chi connectivity index (χ3v) is 4.61. The predicted molar refractivity (Wildman–Crippen MR) is 109 cm³/mol. The molecule has 7 heteroatoms. The second-order valence-corrected chi connectivity index (χ2v) is 6.64. The van der Waals surface area contributed by atoms with Crippen molar-refractivity contribution in [1.29, 1.82) is 0 Å². The molecule has 6 nitrogen and oxygen atoms in total. The Bertz CT molecular complexity index is 542. The minimum atomic E-state index is 0. The Labute approximate surface area is 167 Å². The van der Waals surface area contributed by atoms with E-state index in [0.717, 1.165) is 18.6 Å². The summed E-state index contributed by atoms with van der Waals surface area (Å²) in [5, 5.41) is 3.37. The van der Waals surface area contributed by atoms with Crippen molar-refractivity contribution in [3.05, 3.63) is 23.9 Å². The smallest absolute Gasteiger partial charge is 0.213 e. The molecule has 0 amide bonds. The molecule has 1 unspecified atom stereocenters. The van der Waals surface area contributed by atoms with Gasteiger partial charge in [0.1, 0.15) is 6.10 Å². The molecule has 1 aliphatic heterocycles. The van der Waals surface area contributed by atoms with E-state index in [2.05, 4.69) is 15.3 Å². The molecule has 0 aromatic carbocycles. The van der Waals surface area contributed by atoms with Crippen LogP contribution in [0.25, 0.3) is 0 Å². The number of guanidine groups is 1. The van der Waals surface area contributed by atoms with Crippen LogP contribution < -0.4 is 15.8 Å². The van der Waals surface area contributed by atoms with Crippen molar-refractivity contribution in [2.75, 3.05) is 13.2 Å². The fourth-order valence-corrected chi connectivity index (χ4v) is 3.24. The summed E-state index contributed by atoms with van der Waals surface area (Å²) in [6.45, 7) is 1.94. The van der Waals surface area contributed by atoms with Crippen molar-refractivity contribution in [3.8, 4) is 5.88 Å². The molecular formula is C18H29IN4O2. The first-order valence-corrected chi connectivity index (χ1v) is 9.05. The largest absolute Gasteiger partial charge is 0.472 e. The molecule has 25 heavy (non-hydrogen) atoms. The standard InChI is InChI=1S/C18H28N4O2.HI/c19-18(22-15-5-3-1-2-4-6-15)21-12-14-7-9-20-17(11-14)24-16-8-10-23-13-16;/h7,9,11,15-16H,1-6,8,10,12-13H2,(H3,19,21,22);1H. The van der Waals surface area contributed by atoms with Crippen LogP contribution in [-0.2, 0) is 11.3 Å². The molecule has 1 saturated carbocycles. The molecule has 2 heterocycles. The maximum atomic E-state index is 6.05. The molecule has 1 atom stereocenters. The number of hydrogen-bond acceptors (Lipinski definition) is 4. The molecule has 140 valence electrons. The topological polar surface area (TPSA) is 81.8 Å². The SMILES string of the molecule is I.NC(=NCc1ccnc(OC2CCOC2)c1)NC1CCCCCC1. The van der Waals surface area contributed by atoms with Crippen LogP contribution in [0, 0.1) is 0 Å². The van der Waals surface area contributed by atoms with Gasteiger partial charge in [-0.15, -0.1) is 24.0 Å². The monoisotopic (exact) mass is 460 g/mol. The summed E-state index contributed by atoms with van der Waals surface area (Å²) < 4.78 is 11.1. The normalized spacial score (nSPS) is 22.1. The van der Waals surface area contributed by atoms with Crippen molar-refractivity contribution in [1.82, 2.24) is 10.3 Å². The van der Waals surface area contributed by atoms with Crippen LogP contribution in [0.3, 0.4) is 0 Å². The number of nitrogens with one attached hydrogen (secondary N) is 1. The highest BCUT2D eigenvalue weighted by molar-refractivity contribution is 14.0. The maximum absolute atomic E-state index is 6.05. The second-order valence-electron chi connectivity index (χ2n) is 6.64. The highest BCUT2D eigenvalue weighted by Gasteiger charge is 2.17. The zero-order valence-electron chi connectivity index (χ0n) is 14.7. The molecule has 1 aromatic rings. The van der Waals surface area contributed by atoms with Crippen molar-refractivity contribution in [2.24, 2.45) is 10.7 Å². The molecule has 2 aliphatic rings. The van der Waals surface area contributed by atoms with Gasteiger partial charge >= 0.3 is 0 Å². The van der Waals surface area contributed by atoms with Crippen LogP contribution in [0.4, 0.5) is 0 Å². The Morgan fingerprint density at radius 2 is 2.08 bits per heavy atom. The Balaban J connectivity index is 0.00000225. The van der Waals surface area contributed by atoms with Gasteiger partial charge in [0.05, 0.1) is 19.8 Å². The molecular weight excluding hydrogens is 431 g/mol. The summed E-state index contributed by atoms with van der Waals surface area (Å²) in [4.78, 5) is 8.73. The zero-order valence-corrected chi connectivity index (χ0v) is 17.0. The summed E-state index contributed by atoms with van der Waals surface area (Å²) in [5.41, 5.74) is 7.09. The summed E-state index contributed by atoms with van der Waals surface area (Å²) in [6, 6.07) is 4.34. The minimum absolute atomic E-state index is 0. The minimum Gasteiger partial charge on any atom is -0.472 e. The van der Waals surface area contributed by atoms with E-state index >= 15 is 0 Å². The van der Waals surface area contributed by atoms with Crippen LogP contribution in [0.15, 0.2) is 23.3 Å². The van der Waals surface area contributed by atoms with Crippen LogP contribution in [0.2, 0.25) is 0 Å². The molecule has 1 aliphatic carbocycles. The first-order valence-electron chi connectivity index (χ1n) is 9.05. The van der Waals surface area contributed by atoms with Gasteiger partial charge in [0, 0.05) is 24.7 Å². The average Bonchev–Trinajstić information content (AvgIpc) is 2.96. The first kappa shape index (κ1) is 20.2. The molecule has 3 rings (SSSR count). The number of nitrogens with two attached hydrogens (primary N) is 1. The van der Waals surface area contributed by atoms with E-state index in [1.165, 1.54) is 38.5 Å². The number of halogens is 1. The first-order chi connectivity index (χ1) is 11.8. The third kappa shape index (κ3) is 6.97. The molecule has 1 saturated heterocycles. The lowest BCUT2D eigenvalue weighted by molar-refractivity contribution is 0.138. The van der Waals surface area contributed by atoms with Gasteiger partial charge < -0.3 is 20.5 Å². The Kier molecular flexibility index (Phi) is 8.74. The molecule has 2 fully saturated rings. The van der Waals surface area contributed by atoms with Gasteiger partial charge in [-0.05, 0) is 24.5 Å². The fourth-order valence-electron chi connectivity index (χ4n) is 3.24. The summed E-state index contributed by atoms with van der Waals surface area (Å²) in [5.74, 6) is 1.17. The molecule has 1 aromatic heterocycles. The van der Waals surface area contributed by atoms with Gasteiger partial charge in [-0.1, -0.05) is 25.7 Å². The lowest BCUT2D eigenvalue weighted by atomic mass is 10.1. The number of ether oxygens (including phenoxy) is 2. The molecule has 0 spiro atoms. The quantitative estimate of drug-likeness (QED) is 0.306. The average molecular weight is 460 g/mol. The Morgan fingerprint density at radius 3 is 2.80 bits per heavy atom. The van der Waals surface area contributed by atoms with Crippen LogP contribution >= 0.6 is 24.0 Å². The van der Waals surface area contributed by atoms with Crippen molar-refractivity contribution >= 4 is 29.9 Å². The number of nitrogens with zero attached hydrogens (tertiary/aromatic N) is 2. The summed E-state index contributed by atoms with van der Waals surface area (Å²) in [7, 11) is 0. The molecule has 0 bridgehead atoms. The van der Waals surface area contributed by atoms with Crippen LogP contribution in [0.1, 0.15) is 50.5 Å². The summed E-state index contributed by atoms with van der Waals surface area (Å²) >= 11 is 0. The predicted octanol–water partition coefficient (Wildman–Crippen LogP) is 2.99. The number of pyridine rings is 1. The van der Waals surface area contributed by atoms with E-state index < -0.39 is 0 Å². The highest BCUT2D eigenvalue weighted by Crippen LogP contribution is 2.18. The summed E-state index contributed by atoms with van der Waals surface area (Å²) in [6.07, 6.45) is 10.4. The van der Waals surface area contributed by atoms with E-state index in [9.17, 15) is 0 Å². The van der Waals surface area contributed by atoms with E-state index in [1.54, 1.807) is 6.20 Å². The zero-order chi connectivity index (χ0) is 16.6. The lowest BCUT2D eigenvalue weighted by Gasteiger charge is -2.16. The number of hydrogen-bond donors (Lipinski definition) is 2. The van der Waals surface area contributed by atoms with E-state index in [4.69, 9.17) is 15.2 Å². The number of aliphatic imine (C=N–C) groups is 1. The van der Waals surface area contributed by atoms with Gasteiger partial charge in [0.15, 0.2) is 5.96 Å². The van der Waals surface area contributed by atoms with Gasteiger partial charge in [0.25, 0.3) is 0 Å². The third-order valence-electron chi connectivity index (χ3n) is 4.61. The van der Waals surface area contributed by atoms with Crippen molar-refractivity contribution < 1.29 is 9.47 Å². The number of rotatable bonds is 5.